The quantitative estimate of drug-likeness (QED) is 0.448. The first kappa shape index (κ1) is 7.39. The maximum atomic E-state index is 9.87. The van der Waals surface area contributed by atoms with Crippen LogP contribution in [0.15, 0.2) is 5.29 Å². The molecule has 2 unspecified atom stereocenters. The van der Waals surface area contributed by atoms with Gasteiger partial charge in [-0.15, -0.1) is 4.91 Å². The Morgan fingerprint density at radius 2 is 2.30 bits per heavy atom. The van der Waals surface area contributed by atoms with Crippen LogP contribution in [0, 0.1) is 4.91 Å². The molecule has 0 aromatic rings. The fourth-order valence-corrected chi connectivity index (χ4v) is 0.722. The summed E-state index contributed by atoms with van der Waals surface area (Å²) in [6, 6.07) is 0. The summed E-state index contributed by atoms with van der Waals surface area (Å²) in [4.78, 5) is 9.87. The third kappa shape index (κ3) is 1.23. The largest absolute Gasteiger partial charge is 0.368 e. The van der Waals surface area contributed by atoms with E-state index >= 15 is 0 Å². The first-order chi connectivity index (χ1) is 4.75. The minimum absolute atomic E-state index is 0.198. The minimum Gasteiger partial charge on any atom is -0.368 e. The summed E-state index contributed by atoms with van der Waals surface area (Å²) in [5.74, 6) is 0. The van der Waals surface area contributed by atoms with E-state index in [1.807, 2.05) is 0 Å². The normalized spacial score (nSPS) is 34.0. The Morgan fingerprint density at radius 1 is 1.60 bits per heavy atom. The monoisotopic (exact) mass is 148 g/mol. The van der Waals surface area contributed by atoms with Crippen LogP contribution in [0.25, 0.3) is 0 Å². The van der Waals surface area contributed by atoms with Gasteiger partial charge in [0.2, 0.25) is 6.29 Å². The number of aliphatic hydroxyl groups excluding tert-OH is 2. The van der Waals surface area contributed by atoms with Gasteiger partial charge in [0.25, 0.3) is 0 Å². The lowest BCUT2D eigenvalue weighted by Gasteiger charge is -2.30. The predicted octanol–water partition coefficient (Wildman–Crippen LogP) is -1.36. The molecule has 1 heterocycles. The molecule has 2 atom stereocenters. The third-order valence-corrected chi connectivity index (χ3v) is 1.27. The number of hydrogen-bond donors (Lipinski definition) is 2. The molecule has 0 saturated carbocycles. The Morgan fingerprint density at radius 3 is 2.80 bits per heavy atom. The lowest BCUT2D eigenvalue weighted by molar-refractivity contribution is -0.240. The number of aliphatic hydroxyl groups is 2. The van der Waals surface area contributed by atoms with Crippen molar-refractivity contribution in [1.82, 2.24) is 5.01 Å². The second-order valence-corrected chi connectivity index (χ2v) is 1.92. The van der Waals surface area contributed by atoms with Gasteiger partial charge in [0.05, 0.1) is 18.4 Å². The highest BCUT2D eigenvalue weighted by Gasteiger charge is 2.28. The second-order valence-electron chi connectivity index (χ2n) is 1.92. The summed E-state index contributed by atoms with van der Waals surface area (Å²) in [5.41, 5.74) is 0. The highest BCUT2D eigenvalue weighted by molar-refractivity contribution is 4.64. The molecule has 2 N–H and O–H groups in total. The van der Waals surface area contributed by atoms with Gasteiger partial charge in [0, 0.05) is 0 Å². The molecule has 0 aromatic heterocycles. The van der Waals surface area contributed by atoms with Gasteiger partial charge in [0.15, 0.2) is 6.23 Å². The Labute approximate surface area is 57.0 Å². The molecular weight excluding hydrogens is 140 g/mol. The van der Waals surface area contributed by atoms with Crippen molar-refractivity contribution in [1.29, 1.82) is 0 Å². The Bertz CT molecular complexity index is 130. The van der Waals surface area contributed by atoms with Crippen LogP contribution in [-0.2, 0) is 4.74 Å². The molecule has 1 rings (SSSR count). The summed E-state index contributed by atoms with van der Waals surface area (Å²) < 4.78 is 4.59. The fraction of sp³-hybridized carbons (Fsp3) is 1.00. The average molecular weight is 148 g/mol. The lowest BCUT2D eigenvalue weighted by Crippen LogP contribution is -2.48. The van der Waals surface area contributed by atoms with Gasteiger partial charge in [-0.25, -0.2) is 5.01 Å². The van der Waals surface area contributed by atoms with Gasteiger partial charge in [-0.1, -0.05) is 0 Å². The van der Waals surface area contributed by atoms with Gasteiger partial charge in [-0.2, -0.15) is 0 Å². The third-order valence-electron chi connectivity index (χ3n) is 1.27. The SMILES string of the molecule is O=NN1CCOC(O)C1O. The van der Waals surface area contributed by atoms with Crippen LogP contribution in [0.2, 0.25) is 0 Å². The van der Waals surface area contributed by atoms with Crippen molar-refractivity contribution in [2.45, 2.75) is 12.5 Å². The summed E-state index contributed by atoms with van der Waals surface area (Å²) in [7, 11) is 0. The molecule has 6 heteroatoms. The van der Waals surface area contributed by atoms with Crippen LogP contribution in [0.4, 0.5) is 0 Å². The second kappa shape index (κ2) is 2.91. The maximum Gasteiger partial charge on any atom is 0.201 e. The van der Waals surface area contributed by atoms with E-state index in [1.165, 1.54) is 0 Å². The number of nitroso groups, excluding NO2 is 1. The van der Waals surface area contributed by atoms with E-state index < -0.39 is 12.5 Å². The maximum absolute atomic E-state index is 9.87. The molecule has 0 spiro atoms. The average Bonchev–Trinajstić information content (AvgIpc) is 1.95. The molecule has 1 fully saturated rings. The van der Waals surface area contributed by atoms with Crippen molar-refractivity contribution in [2.24, 2.45) is 5.29 Å². The van der Waals surface area contributed by atoms with Gasteiger partial charge in [0.1, 0.15) is 0 Å². The number of hydrogen-bond acceptors (Lipinski definition) is 5. The molecular formula is C4H8N2O4. The predicted molar refractivity (Wildman–Crippen MR) is 30.5 cm³/mol. The van der Waals surface area contributed by atoms with Crippen LogP contribution in [0.3, 0.4) is 0 Å². The molecule has 1 saturated heterocycles. The number of ether oxygens (including phenoxy) is 1. The summed E-state index contributed by atoms with van der Waals surface area (Å²) in [5, 5.41) is 21.0. The summed E-state index contributed by atoms with van der Waals surface area (Å²) in [6.45, 7) is 0.408. The molecule has 10 heavy (non-hydrogen) atoms. The standard InChI is InChI=1S/C4H8N2O4/c7-3-4(8)10-2-1-6(3)5-9/h3-4,7-8H,1-2H2. The molecule has 1 aliphatic rings. The van der Waals surface area contributed by atoms with E-state index in [4.69, 9.17) is 10.2 Å². The lowest BCUT2D eigenvalue weighted by atomic mass is 10.4. The minimum atomic E-state index is -1.33. The highest BCUT2D eigenvalue weighted by Crippen LogP contribution is 2.08. The van der Waals surface area contributed by atoms with Crippen molar-refractivity contribution >= 4 is 0 Å². The highest BCUT2D eigenvalue weighted by atomic mass is 16.6. The Hall–Kier alpha value is -0.720. The van der Waals surface area contributed by atoms with E-state index in [1.54, 1.807) is 0 Å². The molecule has 1 aliphatic heterocycles. The molecule has 0 aromatic carbocycles. The smallest absolute Gasteiger partial charge is 0.201 e. The van der Waals surface area contributed by atoms with Gasteiger partial charge in [-0.3, -0.25) is 0 Å². The first-order valence-corrected chi connectivity index (χ1v) is 2.83. The van der Waals surface area contributed by atoms with Crippen LogP contribution in [-0.4, -0.2) is 40.9 Å². The van der Waals surface area contributed by atoms with Gasteiger partial charge >= 0.3 is 0 Å². The Kier molecular flexibility index (Phi) is 2.15. The van der Waals surface area contributed by atoms with Crippen LogP contribution >= 0.6 is 0 Å². The number of morpholine rings is 1. The van der Waals surface area contributed by atoms with E-state index in [2.05, 4.69) is 10.0 Å². The molecule has 6 nitrogen and oxygen atoms in total. The molecule has 0 radical (unpaired) electrons. The van der Waals surface area contributed by atoms with Crippen LogP contribution < -0.4 is 0 Å². The molecule has 0 aliphatic carbocycles. The van der Waals surface area contributed by atoms with Crippen LogP contribution in [0.1, 0.15) is 0 Å². The van der Waals surface area contributed by atoms with Crippen molar-refractivity contribution in [3.05, 3.63) is 4.91 Å². The summed E-state index contributed by atoms with van der Waals surface area (Å²) >= 11 is 0. The Balaban J connectivity index is 2.50. The first-order valence-electron chi connectivity index (χ1n) is 2.83. The topological polar surface area (TPSA) is 82.4 Å². The van der Waals surface area contributed by atoms with E-state index in [0.717, 1.165) is 5.01 Å². The van der Waals surface area contributed by atoms with Crippen LogP contribution in [0.5, 0.6) is 0 Å². The zero-order valence-corrected chi connectivity index (χ0v) is 5.17. The van der Waals surface area contributed by atoms with E-state index in [9.17, 15) is 4.91 Å². The zero-order chi connectivity index (χ0) is 7.56. The number of rotatable bonds is 1. The molecule has 58 valence electrons. The number of nitrogens with zero attached hydrogens (tertiary/aromatic N) is 2. The fourth-order valence-electron chi connectivity index (χ4n) is 0.722. The molecule has 0 bridgehead atoms. The van der Waals surface area contributed by atoms with Crippen molar-refractivity contribution in [3.8, 4) is 0 Å². The summed E-state index contributed by atoms with van der Waals surface area (Å²) in [6.07, 6.45) is -2.65. The molecule has 0 amide bonds. The van der Waals surface area contributed by atoms with Gasteiger partial charge in [-0.05, 0) is 0 Å². The van der Waals surface area contributed by atoms with E-state index in [-0.39, 0.29) is 13.2 Å². The van der Waals surface area contributed by atoms with Gasteiger partial charge < -0.3 is 14.9 Å². The van der Waals surface area contributed by atoms with Crippen molar-refractivity contribution in [3.63, 3.8) is 0 Å². The van der Waals surface area contributed by atoms with E-state index in [0.29, 0.717) is 0 Å². The zero-order valence-electron chi connectivity index (χ0n) is 5.17. The van der Waals surface area contributed by atoms with Crippen molar-refractivity contribution in [2.75, 3.05) is 13.2 Å². The van der Waals surface area contributed by atoms with Crippen molar-refractivity contribution < 1.29 is 14.9 Å².